The van der Waals surface area contributed by atoms with Gasteiger partial charge in [-0.25, -0.2) is 0 Å². The molecule has 1 aromatic carbocycles. The molecule has 1 fully saturated rings. The first-order chi connectivity index (χ1) is 13.9. The average Bonchev–Trinajstić information content (AvgIpc) is 3.03. The van der Waals surface area contributed by atoms with Crippen molar-refractivity contribution in [2.45, 2.75) is 50.4 Å². The van der Waals surface area contributed by atoms with Crippen LogP contribution in [0.4, 0.5) is 5.69 Å². The first kappa shape index (κ1) is 21.5. The van der Waals surface area contributed by atoms with Crippen molar-refractivity contribution in [3.63, 3.8) is 0 Å². The molecule has 8 nitrogen and oxygen atoms in total. The fourth-order valence-corrected chi connectivity index (χ4v) is 4.00. The maximum Gasteiger partial charge on any atom is 0.238 e. The lowest BCUT2D eigenvalue weighted by atomic mass is 9.84. The Morgan fingerprint density at radius 3 is 2.76 bits per heavy atom. The van der Waals surface area contributed by atoms with Gasteiger partial charge in [0.1, 0.15) is 18.0 Å². The quantitative estimate of drug-likeness (QED) is 0.599. The second-order valence-corrected chi connectivity index (χ2v) is 8.00. The molecule has 2 amide bonds. The largest absolute Gasteiger partial charge is 0.487 e. The van der Waals surface area contributed by atoms with Crippen molar-refractivity contribution >= 4 is 17.5 Å². The van der Waals surface area contributed by atoms with Crippen molar-refractivity contribution in [2.75, 3.05) is 39.1 Å². The van der Waals surface area contributed by atoms with Gasteiger partial charge in [-0.3, -0.25) is 9.59 Å². The molecule has 160 valence electrons. The molecular formula is C21H31N3O5. The summed E-state index contributed by atoms with van der Waals surface area (Å²) in [5.41, 5.74) is 1.70. The van der Waals surface area contributed by atoms with Crippen molar-refractivity contribution in [2.24, 2.45) is 0 Å². The lowest BCUT2D eigenvalue weighted by Gasteiger charge is -2.37. The number of carbonyl (C=O) groups excluding carboxylic acids is 2. The Kier molecular flexibility index (Phi) is 7.10. The molecule has 0 aliphatic carbocycles. The molecular weight excluding hydrogens is 374 g/mol. The molecule has 0 unspecified atom stereocenters. The highest BCUT2D eigenvalue weighted by molar-refractivity contribution is 5.92. The standard InChI is InChI=1S/C21H31N3O5/c1-4-7-22-19(26)10-14-9-16-15-8-13(23-20(27)11-24(2)3)5-6-17(15)29-21(16)18(12-25)28-14/h5-6,8,14,16,18,21,25H,4,7,9-12H2,1-3H3,(H,22,26)(H,23,27)/t14-,16+,18-,21-/m1/s1. The highest BCUT2D eigenvalue weighted by Gasteiger charge is 2.46. The van der Waals surface area contributed by atoms with Crippen molar-refractivity contribution in [3.8, 4) is 5.75 Å². The van der Waals surface area contributed by atoms with Crippen LogP contribution < -0.4 is 15.4 Å². The molecule has 0 bridgehead atoms. The monoisotopic (exact) mass is 405 g/mol. The van der Waals surface area contributed by atoms with E-state index in [4.69, 9.17) is 9.47 Å². The van der Waals surface area contributed by atoms with E-state index in [1.165, 1.54) is 0 Å². The number of likely N-dealkylation sites (N-methyl/N-ethyl adjacent to an activating group) is 1. The van der Waals surface area contributed by atoms with Crippen molar-refractivity contribution in [1.82, 2.24) is 10.2 Å². The summed E-state index contributed by atoms with van der Waals surface area (Å²) in [6.45, 7) is 2.78. The van der Waals surface area contributed by atoms with Crippen LogP contribution >= 0.6 is 0 Å². The molecule has 1 saturated heterocycles. The van der Waals surface area contributed by atoms with Crippen LogP contribution in [0.5, 0.6) is 5.75 Å². The number of nitrogens with zero attached hydrogens (tertiary/aromatic N) is 1. The lowest BCUT2D eigenvalue weighted by Crippen LogP contribution is -2.47. The summed E-state index contributed by atoms with van der Waals surface area (Å²) in [6, 6.07) is 5.59. The zero-order chi connectivity index (χ0) is 21.0. The zero-order valence-corrected chi connectivity index (χ0v) is 17.3. The summed E-state index contributed by atoms with van der Waals surface area (Å²) >= 11 is 0. The number of rotatable bonds is 8. The van der Waals surface area contributed by atoms with E-state index in [0.717, 1.165) is 17.7 Å². The minimum Gasteiger partial charge on any atom is -0.487 e. The average molecular weight is 405 g/mol. The topological polar surface area (TPSA) is 100 Å². The van der Waals surface area contributed by atoms with E-state index in [1.54, 1.807) is 4.90 Å². The van der Waals surface area contributed by atoms with Gasteiger partial charge in [0.15, 0.2) is 0 Å². The number of fused-ring (bicyclic) bond motifs is 3. The lowest BCUT2D eigenvalue weighted by molar-refractivity contribution is -0.142. The number of ether oxygens (including phenoxy) is 2. The van der Waals surface area contributed by atoms with Gasteiger partial charge in [-0.05, 0) is 45.1 Å². The van der Waals surface area contributed by atoms with Gasteiger partial charge < -0.3 is 30.1 Å². The minimum atomic E-state index is -0.489. The van der Waals surface area contributed by atoms with Crippen LogP contribution in [0.2, 0.25) is 0 Å². The number of hydrogen-bond acceptors (Lipinski definition) is 6. The molecule has 2 heterocycles. The number of hydrogen-bond donors (Lipinski definition) is 3. The second kappa shape index (κ2) is 9.56. The van der Waals surface area contributed by atoms with E-state index in [0.29, 0.717) is 25.2 Å². The summed E-state index contributed by atoms with van der Waals surface area (Å²) in [7, 11) is 3.68. The molecule has 3 rings (SSSR count). The molecule has 1 aromatic rings. The summed E-state index contributed by atoms with van der Waals surface area (Å²) in [5.74, 6) is 0.612. The molecule has 0 radical (unpaired) electrons. The summed E-state index contributed by atoms with van der Waals surface area (Å²) in [4.78, 5) is 26.0. The molecule has 8 heteroatoms. The van der Waals surface area contributed by atoms with Crippen LogP contribution in [-0.2, 0) is 14.3 Å². The number of carbonyl (C=O) groups is 2. The van der Waals surface area contributed by atoms with Crippen LogP contribution in [0.15, 0.2) is 18.2 Å². The molecule has 0 saturated carbocycles. The Morgan fingerprint density at radius 2 is 2.07 bits per heavy atom. The van der Waals surface area contributed by atoms with Gasteiger partial charge in [-0.15, -0.1) is 0 Å². The summed E-state index contributed by atoms with van der Waals surface area (Å²) < 4.78 is 12.0. The highest BCUT2D eigenvalue weighted by atomic mass is 16.6. The Labute approximate surface area is 171 Å². The van der Waals surface area contributed by atoms with E-state index in [9.17, 15) is 14.7 Å². The fraction of sp³-hybridized carbons (Fsp3) is 0.619. The summed E-state index contributed by atoms with van der Waals surface area (Å²) in [6.07, 6.45) is 0.698. The Morgan fingerprint density at radius 1 is 1.28 bits per heavy atom. The van der Waals surface area contributed by atoms with Gasteiger partial charge in [0.25, 0.3) is 0 Å². The third kappa shape index (κ3) is 5.26. The van der Waals surface area contributed by atoms with E-state index in [1.807, 2.05) is 39.2 Å². The third-order valence-electron chi connectivity index (χ3n) is 5.23. The molecule has 2 aliphatic rings. The first-order valence-corrected chi connectivity index (χ1v) is 10.2. The van der Waals surface area contributed by atoms with Gasteiger partial charge >= 0.3 is 0 Å². The second-order valence-electron chi connectivity index (χ2n) is 8.00. The van der Waals surface area contributed by atoms with Gasteiger partial charge in [0, 0.05) is 23.7 Å². The SMILES string of the molecule is CCCNC(=O)C[C@H]1C[C@H]2c3cc(NC(=O)CN(C)C)ccc3O[C@H]2[C@@H](CO)O1. The molecule has 0 spiro atoms. The molecule has 29 heavy (non-hydrogen) atoms. The normalized spacial score (nSPS) is 25.1. The minimum absolute atomic E-state index is 0.00516. The predicted octanol–water partition coefficient (Wildman–Crippen LogP) is 1.10. The molecule has 2 aliphatic heterocycles. The van der Waals surface area contributed by atoms with Crippen LogP contribution in [0.1, 0.15) is 37.7 Å². The van der Waals surface area contributed by atoms with Gasteiger partial charge in [0.05, 0.1) is 25.7 Å². The maximum absolute atomic E-state index is 12.1. The number of amides is 2. The van der Waals surface area contributed by atoms with Gasteiger partial charge in [-0.1, -0.05) is 6.92 Å². The third-order valence-corrected chi connectivity index (χ3v) is 5.23. The Balaban J connectivity index is 1.73. The smallest absolute Gasteiger partial charge is 0.238 e. The number of benzene rings is 1. The van der Waals surface area contributed by atoms with Crippen LogP contribution in [0, 0.1) is 0 Å². The zero-order valence-electron chi connectivity index (χ0n) is 17.3. The number of anilines is 1. The van der Waals surface area contributed by atoms with Crippen molar-refractivity contribution in [1.29, 1.82) is 0 Å². The Hall–Kier alpha value is -2.16. The van der Waals surface area contributed by atoms with E-state index in [-0.39, 0.29) is 43.0 Å². The van der Waals surface area contributed by atoms with Crippen molar-refractivity contribution in [3.05, 3.63) is 23.8 Å². The van der Waals surface area contributed by atoms with Crippen LogP contribution in [-0.4, -0.2) is 73.9 Å². The van der Waals surface area contributed by atoms with E-state index in [2.05, 4.69) is 10.6 Å². The van der Waals surface area contributed by atoms with Crippen LogP contribution in [0.25, 0.3) is 0 Å². The summed E-state index contributed by atoms with van der Waals surface area (Å²) in [5, 5.41) is 15.6. The predicted molar refractivity (Wildman–Crippen MR) is 109 cm³/mol. The number of aliphatic hydroxyl groups is 1. The van der Waals surface area contributed by atoms with E-state index >= 15 is 0 Å². The Bertz CT molecular complexity index is 739. The number of aliphatic hydroxyl groups excluding tert-OH is 1. The van der Waals surface area contributed by atoms with Crippen LogP contribution in [0.3, 0.4) is 0 Å². The first-order valence-electron chi connectivity index (χ1n) is 10.2. The van der Waals surface area contributed by atoms with E-state index < -0.39 is 6.10 Å². The molecule has 4 atom stereocenters. The van der Waals surface area contributed by atoms with Gasteiger partial charge in [-0.2, -0.15) is 0 Å². The van der Waals surface area contributed by atoms with Crippen molar-refractivity contribution < 1.29 is 24.2 Å². The van der Waals surface area contributed by atoms with Gasteiger partial charge in [0.2, 0.25) is 11.8 Å². The maximum atomic E-state index is 12.1. The molecule has 0 aromatic heterocycles. The highest BCUT2D eigenvalue weighted by Crippen LogP contribution is 2.47. The fourth-order valence-electron chi connectivity index (χ4n) is 4.00. The number of nitrogens with one attached hydrogen (secondary N) is 2. The molecule has 3 N–H and O–H groups in total.